The minimum Gasteiger partial charge on any atom is -0.308 e. The fraction of sp³-hybridized carbons (Fsp3) is 0.267. The van der Waals surface area contributed by atoms with E-state index < -0.39 is 0 Å². The van der Waals surface area contributed by atoms with Crippen molar-refractivity contribution in [3.05, 3.63) is 54.0 Å². The maximum absolute atomic E-state index is 8.79. The number of aromatic nitrogens is 2. The second kappa shape index (κ2) is 7.94. The lowest BCUT2D eigenvalue weighted by molar-refractivity contribution is 0.262. The van der Waals surface area contributed by atoms with Crippen molar-refractivity contribution in [1.82, 2.24) is 14.9 Å². The van der Waals surface area contributed by atoms with E-state index in [0.29, 0.717) is 18.8 Å². The summed E-state index contributed by atoms with van der Waals surface area (Å²) in [5, 5.41) is 8.79. The Morgan fingerprint density at radius 3 is 2.57 bits per heavy atom. The van der Waals surface area contributed by atoms with Crippen molar-refractivity contribution < 1.29 is 0 Å². The van der Waals surface area contributed by atoms with Crippen LogP contribution in [0.5, 0.6) is 0 Å². The molecule has 0 aliphatic rings. The molecule has 0 aliphatic carbocycles. The van der Waals surface area contributed by atoms with Crippen LogP contribution < -0.4 is 11.3 Å². The fourth-order valence-electron chi connectivity index (χ4n) is 2.03. The van der Waals surface area contributed by atoms with Gasteiger partial charge in [-0.2, -0.15) is 5.26 Å². The third-order valence-electron chi connectivity index (χ3n) is 3.05. The molecule has 2 aromatic heterocycles. The lowest BCUT2D eigenvalue weighted by Crippen LogP contribution is -2.24. The Bertz CT molecular complexity index is 575. The predicted molar refractivity (Wildman–Crippen MR) is 80.6 cm³/mol. The second-order valence-corrected chi connectivity index (χ2v) is 4.68. The zero-order valence-electron chi connectivity index (χ0n) is 11.7. The highest BCUT2D eigenvalue weighted by atomic mass is 15.2. The molecule has 0 aliphatic heterocycles. The van der Waals surface area contributed by atoms with Gasteiger partial charge in [-0.25, -0.2) is 10.8 Å². The maximum Gasteiger partial charge on any atom is 0.139 e. The third-order valence-corrected chi connectivity index (χ3v) is 3.05. The van der Waals surface area contributed by atoms with Crippen LogP contribution >= 0.6 is 0 Å². The number of nitrogens with one attached hydrogen (secondary N) is 1. The van der Waals surface area contributed by atoms with Gasteiger partial charge in [-0.1, -0.05) is 12.1 Å². The van der Waals surface area contributed by atoms with Crippen molar-refractivity contribution in [3.8, 4) is 6.07 Å². The summed E-state index contributed by atoms with van der Waals surface area (Å²) in [4.78, 5) is 10.5. The van der Waals surface area contributed by atoms with E-state index in [1.165, 1.54) is 0 Å². The zero-order valence-corrected chi connectivity index (χ0v) is 11.7. The Labute approximate surface area is 124 Å². The number of nitrogens with two attached hydrogens (primary N) is 1. The van der Waals surface area contributed by atoms with E-state index >= 15 is 0 Å². The van der Waals surface area contributed by atoms with E-state index in [0.717, 1.165) is 24.2 Å². The largest absolute Gasteiger partial charge is 0.308 e. The molecule has 0 bridgehead atoms. The van der Waals surface area contributed by atoms with E-state index in [4.69, 9.17) is 11.1 Å². The van der Waals surface area contributed by atoms with Gasteiger partial charge in [0.25, 0.3) is 0 Å². The van der Waals surface area contributed by atoms with Crippen LogP contribution in [0, 0.1) is 11.3 Å². The molecule has 0 amide bonds. The number of hydrogen-bond donors (Lipinski definition) is 2. The predicted octanol–water partition coefficient (Wildman–Crippen LogP) is 1.68. The molecule has 3 N–H and O–H groups in total. The number of nitriles is 1. The monoisotopic (exact) mass is 282 g/mol. The Morgan fingerprint density at radius 1 is 1.19 bits per heavy atom. The smallest absolute Gasteiger partial charge is 0.139 e. The molecule has 6 nitrogen and oxygen atoms in total. The molecule has 2 aromatic rings. The Kier molecular flexibility index (Phi) is 5.64. The van der Waals surface area contributed by atoms with Gasteiger partial charge in [0.05, 0.1) is 6.07 Å². The molecule has 2 rings (SSSR count). The van der Waals surface area contributed by atoms with Crippen molar-refractivity contribution in [1.29, 1.82) is 5.26 Å². The van der Waals surface area contributed by atoms with Crippen molar-refractivity contribution in [3.63, 3.8) is 0 Å². The van der Waals surface area contributed by atoms with Gasteiger partial charge in [0, 0.05) is 44.6 Å². The second-order valence-electron chi connectivity index (χ2n) is 4.68. The van der Waals surface area contributed by atoms with Crippen LogP contribution in [0.25, 0.3) is 0 Å². The first kappa shape index (κ1) is 14.9. The summed E-state index contributed by atoms with van der Waals surface area (Å²) in [5.41, 5.74) is 4.71. The standard InChI is InChI=1S/C15H18N6/c16-6-2-8-21(11-13-3-1-7-18-9-13)12-14-4-5-15(20-17)19-10-14/h1,3-5,7,9-10H,2,8,11-12,17H2,(H,19,20). The summed E-state index contributed by atoms with van der Waals surface area (Å²) >= 11 is 0. The number of pyridine rings is 2. The average Bonchev–Trinajstić information content (AvgIpc) is 2.54. The molecule has 0 fully saturated rings. The van der Waals surface area contributed by atoms with E-state index in [9.17, 15) is 0 Å². The lowest BCUT2D eigenvalue weighted by atomic mass is 10.2. The van der Waals surface area contributed by atoms with Crippen LogP contribution in [0.2, 0.25) is 0 Å². The minimum atomic E-state index is 0.496. The number of rotatable bonds is 7. The molecule has 0 unspecified atom stereocenters. The number of nitrogen functional groups attached to an aromatic ring is 1. The first-order valence-corrected chi connectivity index (χ1v) is 6.71. The number of anilines is 1. The molecule has 0 saturated heterocycles. The molecule has 6 heteroatoms. The van der Waals surface area contributed by atoms with Gasteiger partial charge in [-0.15, -0.1) is 0 Å². The summed E-state index contributed by atoms with van der Waals surface area (Å²) in [5.74, 6) is 5.94. The topological polar surface area (TPSA) is 90.9 Å². The van der Waals surface area contributed by atoms with Crippen LogP contribution in [0.1, 0.15) is 17.5 Å². The van der Waals surface area contributed by atoms with Crippen LogP contribution in [0.3, 0.4) is 0 Å². The van der Waals surface area contributed by atoms with Gasteiger partial charge in [-0.05, 0) is 23.3 Å². The van der Waals surface area contributed by atoms with E-state index in [1.54, 1.807) is 12.4 Å². The van der Waals surface area contributed by atoms with Gasteiger partial charge in [0.1, 0.15) is 5.82 Å². The molecule has 0 aromatic carbocycles. The molecular formula is C15H18N6. The van der Waals surface area contributed by atoms with Crippen LogP contribution in [0.15, 0.2) is 42.9 Å². The van der Waals surface area contributed by atoms with Gasteiger partial charge in [0.2, 0.25) is 0 Å². The zero-order chi connectivity index (χ0) is 14.9. The molecule has 2 heterocycles. The molecule has 21 heavy (non-hydrogen) atoms. The Morgan fingerprint density at radius 2 is 2.00 bits per heavy atom. The minimum absolute atomic E-state index is 0.496. The first-order chi connectivity index (χ1) is 10.3. The quantitative estimate of drug-likeness (QED) is 0.593. The van der Waals surface area contributed by atoms with Crippen molar-refractivity contribution in [2.45, 2.75) is 19.5 Å². The summed E-state index contributed by atoms with van der Waals surface area (Å²) in [7, 11) is 0. The normalized spacial score (nSPS) is 10.3. The molecule has 0 radical (unpaired) electrons. The first-order valence-electron chi connectivity index (χ1n) is 6.71. The molecule has 0 spiro atoms. The van der Waals surface area contributed by atoms with E-state index in [-0.39, 0.29) is 0 Å². The Balaban J connectivity index is 2.03. The molecule has 108 valence electrons. The van der Waals surface area contributed by atoms with Crippen molar-refractivity contribution in [2.75, 3.05) is 12.0 Å². The number of nitrogens with zero attached hydrogens (tertiary/aromatic N) is 4. The summed E-state index contributed by atoms with van der Waals surface area (Å²) < 4.78 is 0. The van der Waals surface area contributed by atoms with Crippen molar-refractivity contribution in [2.24, 2.45) is 5.84 Å². The van der Waals surface area contributed by atoms with Crippen molar-refractivity contribution >= 4 is 5.82 Å². The van der Waals surface area contributed by atoms with Crippen LogP contribution in [-0.2, 0) is 13.1 Å². The molecular weight excluding hydrogens is 264 g/mol. The highest BCUT2D eigenvalue weighted by Gasteiger charge is 2.07. The van der Waals surface area contributed by atoms with Gasteiger partial charge in [0.15, 0.2) is 0 Å². The summed E-state index contributed by atoms with van der Waals surface area (Å²) in [6.45, 7) is 2.20. The molecule has 0 atom stereocenters. The third kappa shape index (κ3) is 4.84. The van der Waals surface area contributed by atoms with Gasteiger partial charge >= 0.3 is 0 Å². The SMILES string of the molecule is N#CCCN(Cc1cccnc1)Cc1ccc(NN)nc1. The lowest BCUT2D eigenvalue weighted by Gasteiger charge is -2.21. The van der Waals surface area contributed by atoms with Crippen LogP contribution in [-0.4, -0.2) is 21.4 Å². The molecule has 0 saturated carbocycles. The highest BCUT2D eigenvalue weighted by molar-refractivity contribution is 5.33. The summed E-state index contributed by atoms with van der Waals surface area (Å²) in [6.07, 6.45) is 5.89. The Hall–Kier alpha value is -2.49. The van der Waals surface area contributed by atoms with E-state index in [2.05, 4.69) is 26.4 Å². The number of hydrazine groups is 1. The fourth-order valence-corrected chi connectivity index (χ4v) is 2.03. The van der Waals surface area contributed by atoms with E-state index in [1.807, 2.05) is 30.5 Å². The number of hydrogen-bond acceptors (Lipinski definition) is 6. The van der Waals surface area contributed by atoms with Gasteiger partial charge in [-0.3, -0.25) is 9.88 Å². The average molecular weight is 282 g/mol. The maximum atomic E-state index is 8.79. The highest BCUT2D eigenvalue weighted by Crippen LogP contribution is 2.11. The van der Waals surface area contributed by atoms with Gasteiger partial charge < -0.3 is 5.43 Å². The van der Waals surface area contributed by atoms with Crippen LogP contribution in [0.4, 0.5) is 5.82 Å². The summed E-state index contributed by atoms with van der Waals surface area (Å²) in [6, 6.07) is 9.95.